The molecule has 0 atom stereocenters. The molecular weight excluding hydrogens is 332 g/mol. The number of hydrogen-bond donors (Lipinski definition) is 1. The van der Waals surface area contributed by atoms with Gasteiger partial charge in [-0.25, -0.2) is 9.97 Å². The number of aromatic nitrogens is 2. The largest absolute Gasteiger partial charge is 0.385 e. The number of benzene rings is 2. The van der Waals surface area contributed by atoms with Crippen LogP contribution in [-0.2, 0) is 0 Å². The van der Waals surface area contributed by atoms with Crippen LogP contribution in [0.5, 0.6) is 0 Å². The number of aryl methyl sites for hydroxylation is 1. The molecule has 1 saturated heterocycles. The minimum Gasteiger partial charge on any atom is -0.385 e. The first-order valence-electron chi connectivity index (χ1n) is 9.64. The topological polar surface area (TPSA) is 41.0 Å². The van der Waals surface area contributed by atoms with Crippen LogP contribution in [0.3, 0.4) is 0 Å². The normalized spacial score (nSPS) is 15.1. The van der Waals surface area contributed by atoms with E-state index in [2.05, 4.69) is 69.2 Å². The van der Waals surface area contributed by atoms with Crippen LogP contribution in [0.25, 0.3) is 16.5 Å². The van der Waals surface area contributed by atoms with Crippen LogP contribution < -0.4 is 10.2 Å². The summed E-state index contributed by atoms with van der Waals surface area (Å²) >= 11 is 0. The SMILES string of the molecule is C=C(NCC1CCN(c2ncc(C)cn2)CC1)c1ccc2ccccc2c1. The maximum Gasteiger partial charge on any atom is 0.225 e. The van der Waals surface area contributed by atoms with E-state index < -0.39 is 0 Å². The van der Waals surface area contributed by atoms with Crippen LogP contribution in [0.1, 0.15) is 24.0 Å². The molecule has 1 aliphatic heterocycles. The molecule has 4 heteroatoms. The van der Waals surface area contributed by atoms with E-state index in [1.807, 2.05) is 19.3 Å². The lowest BCUT2D eigenvalue weighted by Gasteiger charge is -2.32. The van der Waals surface area contributed by atoms with Crippen LogP contribution in [0.2, 0.25) is 0 Å². The van der Waals surface area contributed by atoms with Gasteiger partial charge in [0.2, 0.25) is 5.95 Å². The van der Waals surface area contributed by atoms with Crippen LogP contribution in [0.15, 0.2) is 61.4 Å². The minimum atomic E-state index is 0.656. The molecule has 0 amide bonds. The second-order valence-corrected chi connectivity index (χ2v) is 7.41. The molecule has 0 bridgehead atoms. The highest BCUT2D eigenvalue weighted by Crippen LogP contribution is 2.22. The van der Waals surface area contributed by atoms with Gasteiger partial charge in [-0.2, -0.15) is 0 Å². The molecule has 4 nitrogen and oxygen atoms in total. The van der Waals surface area contributed by atoms with E-state index in [0.717, 1.165) is 49.7 Å². The second kappa shape index (κ2) is 7.78. The van der Waals surface area contributed by atoms with Crippen LogP contribution in [0.4, 0.5) is 5.95 Å². The van der Waals surface area contributed by atoms with Crippen molar-refractivity contribution in [2.75, 3.05) is 24.5 Å². The van der Waals surface area contributed by atoms with E-state index in [9.17, 15) is 0 Å². The van der Waals surface area contributed by atoms with Crippen molar-refractivity contribution >= 4 is 22.4 Å². The van der Waals surface area contributed by atoms with E-state index in [4.69, 9.17) is 0 Å². The lowest BCUT2D eigenvalue weighted by Crippen LogP contribution is -2.37. The number of fused-ring (bicyclic) bond motifs is 1. The number of rotatable bonds is 5. The van der Waals surface area contributed by atoms with Crippen molar-refractivity contribution in [3.63, 3.8) is 0 Å². The molecule has 0 radical (unpaired) electrons. The smallest absolute Gasteiger partial charge is 0.225 e. The Hall–Kier alpha value is -2.88. The molecule has 138 valence electrons. The summed E-state index contributed by atoms with van der Waals surface area (Å²) in [6.07, 6.45) is 6.08. The summed E-state index contributed by atoms with van der Waals surface area (Å²) in [6.45, 7) is 9.25. The van der Waals surface area contributed by atoms with Gasteiger partial charge in [0.05, 0.1) is 0 Å². The van der Waals surface area contributed by atoms with E-state index in [1.165, 1.54) is 16.3 Å². The third kappa shape index (κ3) is 4.11. The van der Waals surface area contributed by atoms with Gasteiger partial charge in [-0.1, -0.05) is 43.0 Å². The fraction of sp³-hybridized carbons (Fsp3) is 0.304. The summed E-state index contributed by atoms with van der Waals surface area (Å²) in [4.78, 5) is 11.2. The van der Waals surface area contributed by atoms with Crippen molar-refractivity contribution in [3.8, 4) is 0 Å². The van der Waals surface area contributed by atoms with E-state index in [1.54, 1.807) is 0 Å². The average Bonchev–Trinajstić information content (AvgIpc) is 2.72. The van der Waals surface area contributed by atoms with Gasteiger partial charge in [-0.05, 0) is 53.6 Å². The molecule has 27 heavy (non-hydrogen) atoms. The van der Waals surface area contributed by atoms with Crippen LogP contribution in [-0.4, -0.2) is 29.6 Å². The van der Waals surface area contributed by atoms with Crippen LogP contribution in [0, 0.1) is 12.8 Å². The number of nitrogens with zero attached hydrogens (tertiary/aromatic N) is 3. The number of hydrogen-bond acceptors (Lipinski definition) is 4. The molecule has 1 N–H and O–H groups in total. The second-order valence-electron chi connectivity index (χ2n) is 7.41. The Bertz CT molecular complexity index is 925. The van der Waals surface area contributed by atoms with Gasteiger partial charge in [0.15, 0.2) is 0 Å². The zero-order chi connectivity index (χ0) is 18.6. The maximum atomic E-state index is 4.45. The summed E-state index contributed by atoms with van der Waals surface area (Å²) in [6, 6.07) is 15.0. The fourth-order valence-corrected chi connectivity index (χ4v) is 3.63. The van der Waals surface area contributed by atoms with Gasteiger partial charge in [-0.3, -0.25) is 0 Å². The number of piperidine rings is 1. The first-order valence-corrected chi connectivity index (χ1v) is 9.64. The van der Waals surface area contributed by atoms with Gasteiger partial charge in [0.25, 0.3) is 0 Å². The molecule has 1 aliphatic rings. The molecule has 2 heterocycles. The van der Waals surface area contributed by atoms with E-state index in [-0.39, 0.29) is 0 Å². The lowest BCUT2D eigenvalue weighted by atomic mass is 9.96. The molecule has 1 fully saturated rings. The summed E-state index contributed by atoms with van der Waals surface area (Å²) in [5, 5.41) is 6.07. The zero-order valence-corrected chi connectivity index (χ0v) is 15.9. The van der Waals surface area contributed by atoms with Gasteiger partial charge in [-0.15, -0.1) is 0 Å². The summed E-state index contributed by atoms with van der Waals surface area (Å²) in [5.41, 5.74) is 3.27. The molecule has 0 saturated carbocycles. The van der Waals surface area contributed by atoms with E-state index >= 15 is 0 Å². The number of anilines is 1. The Balaban J connectivity index is 1.30. The van der Waals surface area contributed by atoms with E-state index in [0.29, 0.717) is 5.92 Å². The average molecular weight is 358 g/mol. The van der Waals surface area contributed by atoms with Gasteiger partial charge in [0.1, 0.15) is 0 Å². The predicted octanol–water partition coefficient (Wildman–Crippen LogP) is 4.42. The van der Waals surface area contributed by atoms with Gasteiger partial charge < -0.3 is 10.2 Å². The predicted molar refractivity (Wildman–Crippen MR) is 113 cm³/mol. The quantitative estimate of drug-likeness (QED) is 0.733. The lowest BCUT2D eigenvalue weighted by molar-refractivity contribution is 0.397. The Morgan fingerprint density at radius 2 is 1.78 bits per heavy atom. The summed E-state index contributed by atoms with van der Waals surface area (Å²) in [7, 11) is 0. The molecule has 0 aliphatic carbocycles. The first kappa shape index (κ1) is 17.5. The molecule has 4 rings (SSSR count). The molecule has 0 unspecified atom stereocenters. The Morgan fingerprint density at radius 1 is 1.07 bits per heavy atom. The van der Waals surface area contributed by atoms with Crippen molar-refractivity contribution in [1.82, 2.24) is 15.3 Å². The van der Waals surface area contributed by atoms with Crippen molar-refractivity contribution < 1.29 is 0 Å². The molecule has 1 aromatic heterocycles. The van der Waals surface area contributed by atoms with Crippen molar-refractivity contribution in [1.29, 1.82) is 0 Å². The Morgan fingerprint density at radius 3 is 2.52 bits per heavy atom. The van der Waals surface area contributed by atoms with Crippen molar-refractivity contribution in [2.24, 2.45) is 5.92 Å². The van der Waals surface area contributed by atoms with Crippen molar-refractivity contribution in [2.45, 2.75) is 19.8 Å². The van der Waals surface area contributed by atoms with Gasteiger partial charge >= 0.3 is 0 Å². The van der Waals surface area contributed by atoms with Crippen LogP contribution >= 0.6 is 0 Å². The van der Waals surface area contributed by atoms with Crippen molar-refractivity contribution in [3.05, 3.63) is 72.6 Å². The highest BCUT2D eigenvalue weighted by Gasteiger charge is 2.20. The molecule has 0 spiro atoms. The standard InChI is InChI=1S/C23H26N4/c1-17-14-25-23(26-15-17)27-11-9-19(10-12-27)16-24-18(2)21-8-7-20-5-3-4-6-22(20)13-21/h3-8,13-15,19,24H,2,9-12,16H2,1H3. The maximum absolute atomic E-state index is 4.45. The molecule has 3 aromatic rings. The molecular formula is C23H26N4. The third-order valence-electron chi connectivity index (χ3n) is 5.37. The fourth-order valence-electron chi connectivity index (χ4n) is 3.63. The monoisotopic (exact) mass is 358 g/mol. The highest BCUT2D eigenvalue weighted by molar-refractivity contribution is 5.85. The Kier molecular flexibility index (Phi) is 5.05. The summed E-state index contributed by atoms with van der Waals surface area (Å²) < 4.78 is 0. The highest BCUT2D eigenvalue weighted by atomic mass is 15.2. The summed E-state index contributed by atoms with van der Waals surface area (Å²) in [5.74, 6) is 1.51. The number of nitrogens with one attached hydrogen (secondary N) is 1. The first-order chi connectivity index (χ1) is 13.2. The zero-order valence-electron chi connectivity index (χ0n) is 15.9. The van der Waals surface area contributed by atoms with Gasteiger partial charge in [0, 0.05) is 37.7 Å². The Labute approximate surface area is 161 Å². The minimum absolute atomic E-state index is 0.656. The third-order valence-corrected chi connectivity index (χ3v) is 5.37. The molecule has 2 aromatic carbocycles.